The third-order valence-corrected chi connectivity index (χ3v) is 3.63. The van der Waals surface area contributed by atoms with E-state index < -0.39 is 6.10 Å². The maximum absolute atomic E-state index is 10.5. The van der Waals surface area contributed by atoms with Gasteiger partial charge in [0, 0.05) is 0 Å². The Kier molecular flexibility index (Phi) is 3.95. The van der Waals surface area contributed by atoms with Gasteiger partial charge >= 0.3 is 0 Å². The molecule has 2 aromatic rings. The van der Waals surface area contributed by atoms with Crippen molar-refractivity contribution < 1.29 is 14.6 Å². The molecule has 1 unspecified atom stereocenters. The van der Waals surface area contributed by atoms with E-state index in [1.165, 1.54) is 11.1 Å². The van der Waals surface area contributed by atoms with E-state index in [-0.39, 0.29) is 6.10 Å². The van der Waals surface area contributed by atoms with Crippen molar-refractivity contribution in [3.8, 4) is 5.75 Å². The fourth-order valence-corrected chi connectivity index (χ4v) is 2.56. The molecule has 1 atom stereocenters. The summed E-state index contributed by atoms with van der Waals surface area (Å²) in [5.41, 5.74) is 4.15. The van der Waals surface area contributed by atoms with Crippen LogP contribution in [0.5, 0.6) is 5.75 Å². The van der Waals surface area contributed by atoms with Crippen molar-refractivity contribution in [2.75, 3.05) is 0 Å². The number of aliphatic hydroxyl groups excluding tert-OH is 1. The molecule has 2 aromatic carbocycles. The number of rotatable bonds is 4. The number of ether oxygens (including phenoxy) is 2. The Morgan fingerprint density at radius 2 is 1.62 bits per heavy atom. The van der Waals surface area contributed by atoms with Gasteiger partial charge in [0.1, 0.15) is 11.9 Å². The summed E-state index contributed by atoms with van der Waals surface area (Å²) in [6.45, 7) is 5.30. The van der Waals surface area contributed by atoms with Crippen LogP contribution in [0.2, 0.25) is 0 Å². The number of benzene rings is 2. The average Bonchev–Trinajstić information content (AvgIpc) is 2.94. The van der Waals surface area contributed by atoms with Gasteiger partial charge in [0.25, 0.3) is 0 Å². The second-order valence-electron chi connectivity index (χ2n) is 5.66. The Morgan fingerprint density at radius 1 is 0.952 bits per heavy atom. The first kappa shape index (κ1) is 14.1. The number of aliphatic hydroxyl groups is 1. The molecule has 0 saturated heterocycles. The van der Waals surface area contributed by atoms with Gasteiger partial charge in [-0.15, -0.1) is 0 Å². The molecule has 0 fully saturated rings. The summed E-state index contributed by atoms with van der Waals surface area (Å²) >= 11 is 0. The van der Waals surface area contributed by atoms with Crippen LogP contribution in [0.4, 0.5) is 0 Å². The molecule has 110 valence electrons. The van der Waals surface area contributed by atoms with Crippen LogP contribution < -0.4 is 4.74 Å². The maximum Gasteiger partial charge on any atom is 0.119 e. The summed E-state index contributed by atoms with van der Waals surface area (Å²) in [4.78, 5) is 0. The van der Waals surface area contributed by atoms with E-state index in [1.807, 2.05) is 56.3 Å². The van der Waals surface area contributed by atoms with Crippen LogP contribution in [-0.4, -0.2) is 11.2 Å². The number of hydrogen-bond acceptors (Lipinski definition) is 3. The predicted molar refractivity (Wildman–Crippen MR) is 81.2 cm³/mol. The van der Waals surface area contributed by atoms with E-state index in [4.69, 9.17) is 9.47 Å². The van der Waals surface area contributed by atoms with Crippen LogP contribution in [0.15, 0.2) is 42.5 Å². The van der Waals surface area contributed by atoms with Crippen LogP contribution in [0.3, 0.4) is 0 Å². The minimum atomic E-state index is -0.621. The molecule has 0 saturated carbocycles. The molecule has 0 spiro atoms. The van der Waals surface area contributed by atoms with Gasteiger partial charge in [0.15, 0.2) is 0 Å². The Balaban J connectivity index is 1.79. The van der Waals surface area contributed by atoms with Crippen LogP contribution >= 0.6 is 0 Å². The summed E-state index contributed by atoms with van der Waals surface area (Å²) in [5.74, 6) is 0.823. The topological polar surface area (TPSA) is 38.7 Å². The highest BCUT2D eigenvalue weighted by Crippen LogP contribution is 2.28. The Hall–Kier alpha value is -1.84. The zero-order valence-electron chi connectivity index (χ0n) is 12.4. The molecule has 1 aliphatic rings. The van der Waals surface area contributed by atoms with E-state index in [0.29, 0.717) is 13.2 Å². The highest BCUT2D eigenvalue weighted by molar-refractivity contribution is 5.39. The maximum atomic E-state index is 10.5. The van der Waals surface area contributed by atoms with Gasteiger partial charge in [-0.2, -0.15) is 0 Å². The highest BCUT2D eigenvalue weighted by Gasteiger charge is 2.16. The van der Waals surface area contributed by atoms with Crippen molar-refractivity contribution in [1.29, 1.82) is 0 Å². The molecular formula is C18H20O3. The third-order valence-electron chi connectivity index (χ3n) is 3.63. The van der Waals surface area contributed by atoms with Gasteiger partial charge < -0.3 is 14.6 Å². The molecule has 1 heterocycles. The Labute approximate surface area is 125 Å². The molecule has 3 rings (SSSR count). The van der Waals surface area contributed by atoms with Gasteiger partial charge in [-0.25, -0.2) is 0 Å². The van der Waals surface area contributed by atoms with Crippen molar-refractivity contribution in [3.05, 3.63) is 64.7 Å². The number of hydrogen-bond donors (Lipinski definition) is 1. The lowest BCUT2D eigenvalue weighted by molar-refractivity contribution is 0.134. The van der Waals surface area contributed by atoms with E-state index in [0.717, 1.165) is 16.9 Å². The minimum absolute atomic E-state index is 0.150. The molecule has 3 nitrogen and oxygen atoms in total. The summed E-state index contributed by atoms with van der Waals surface area (Å²) in [7, 11) is 0. The minimum Gasteiger partial charge on any atom is -0.491 e. The van der Waals surface area contributed by atoms with Gasteiger partial charge in [-0.1, -0.05) is 30.3 Å². The zero-order valence-corrected chi connectivity index (χ0v) is 12.4. The average molecular weight is 284 g/mol. The zero-order chi connectivity index (χ0) is 14.8. The van der Waals surface area contributed by atoms with E-state index >= 15 is 0 Å². The Morgan fingerprint density at radius 3 is 2.33 bits per heavy atom. The van der Waals surface area contributed by atoms with Gasteiger partial charge in [-0.05, 0) is 48.2 Å². The lowest BCUT2D eigenvalue weighted by Crippen LogP contribution is -2.06. The monoisotopic (exact) mass is 284 g/mol. The fourth-order valence-electron chi connectivity index (χ4n) is 2.56. The molecule has 21 heavy (non-hydrogen) atoms. The van der Waals surface area contributed by atoms with Crippen molar-refractivity contribution >= 4 is 0 Å². The summed E-state index contributed by atoms with van der Waals surface area (Å²) < 4.78 is 11.0. The van der Waals surface area contributed by atoms with Gasteiger partial charge in [0.05, 0.1) is 19.3 Å². The quantitative estimate of drug-likeness (QED) is 0.932. The van der Waals surface area contributed by atoms with E-state index in [1.54, 1.807) is 0 Å². The van der Waals surface area contributed by atoms with Crippen LogP contribution in [0.25, 0.3) is 0 Å². The second-order valence-corrected chi connectivity index (χ2v) is 5.66. The molecule has 1 aliphatic heterocycles. The fraction of sp³-hybridized carbons (Fsp3) is 0.333. The van der Waals surface area contributed by atoms with Crippen molar-refractivity contribution in [2.24, 2.45) is 0 Å². The first-order valence-corrected chi connectivity index (χ1v) is 7.27. The molecule has 1 N–H and O–H groups in total. The van der Waals surface area contributed by atoms with Crippen molar-refractivity contribution in [3.63, 3.8) is 0 Å². The van der Waals surface area contributed by atoms with Gasteiger partial charge in [-0.3, -0.25) is 0 Å². The molecule has 3 heteroatoms. The molecule has 0 bridgehead atoms. The Bertz CT molecular complexity index is 617. The highest BCUT2D eigenvalue weighted by atomic mass is 16.5. The largest absolute Gasteiger partial charge is 0.491 e. The normalized spacial score (nSPS) is 15.0. The van der Waals surface area contributed by atoms with Crippen LogP contribution in [0.1, 0.15) is 42.2 Å². The summed E-state index contributed by atoms with van der Waals surface area (Å²) in [5, 5.41) is 10.5. The third kappa shape index (κ3) is 3.09. The van der Waals surface area contributed by atoms with Gasteiger partial charge in [0.2, 0.25) is 0 Å². The first-order valence-electron chi connectivity index (χ1n) is 7.27. The molecule has 0 aromatic heterocycles. The lowest BCUT2D eigenvalue weighted by Gasteiger charge is -2.14. The van der Waals surface area contributed by atoms with Crippen molar-refractivity contribution in [2.45, 2.75) is 39.3 Å². The molecular weight excluding hydrogens is 264 g/mol. The van der Waals surface area contributed by atoms with E-state index in [2.05, 4.69) is 0 Å². The lowest BCUT2D eigenvalue weighted by atomic mass is 9.98. The SMILES string of the molecule is CC(C)Oc1ccc(C(O)c2ccc3c(c2)COC3)cc1. The van der Waals surface area contributed by atoms with Crippen LogP contribution in [0, 0.1) is 0 Å². The summed E-state index contributed by atoms with van der Waals surface area (Å²) in [6.07, 6.45) is -0.471. The van der Waals surface area contributed by atoms with E-state index in [9.17, 15) is 5.11 Å². The molecule has 0 aliphatic carbocycles. The second kappa shape index (κ2) is 5.88. The summed E-state index contributed by atoms with van der Waals surface area (Å²) in [6, 6.07) is 13.7. The number of fused-ring (bicyclic) bond motifs is 1. The molecule has 0 radical (unpaired) electrons. The predicted octanol–water partition coefficient (Wildman–Crippen LogP) is 3.59. The molecule has 0 amide bonds. The standard InChI is InChI=1S/C18H20O3/c1-12(2)21-17-7-5-13(6-8-17)18(19)14-3-4-15-10-20-11-16(15)9-14/h3-9,12,18-19H,10-11H2,1-2H3. The van der Waals surface area contributed by atoms with Crippen molar-refractivity contribution in [1.82, 2.24) is 0 Å². The van der Waals surface area contributed by atoms with Crippen LogP contribution in [-0.2, 0) is 18.0 Å². The smallest absolute Gasteiger partial charge is 0.119 e. The first-order chi connectivity index (χ1) is 10.1.